The van der Waals surface area contributed by atoms with Crippen LogP contribution in [0.15, 0.2) is 41.8 Å². The van der Waals surface area contributed by atoms with Crippen LogP contribution in [0.3, 0.4) is 0 Å². The summed E-state index contributed by atoms with van der Waals surface area (Å²) in [7, 11) is 0. The Morgan fingerprint density at radius 3 is 2.79 bits per heavy atom. The standard InChI is InChI=1S/C14H17N3OS/c1-10(9-11-5-4-8-19-11)16-14(18)12-6-2-3-7-13(12)17-15/h2-8,10,17H,9,15H2,1H3,(H,16,18). The molecule has 1 heterocycles. The minimum Gasteiger partial charge on any atom is -0.349 e. The molecule has 4 N–H and O–H groups in total. The number of nitrogens with two attached hydrogens (primary N) is 1. The number of carbonyl (C=O) groups is 1. The highest BCUT2D eigenvalue weighted by molar-refractivity contribution is 7.09. The Morgan fingerprint density at radius 1 is 1.32 bits per heavy atom. The normalized spacial score (nSPS) is 11.9. The molecule has 1 aromatic heterocycles. The van der Waals surface area contributed by atoms with Crippen LogP contribution in [0.5, 0.6) is 0 Å². The van der Waals surface area contributed by atoms with E-state index in [0.29, 0.717) is 11.3 Å². The van der Waals surface area contributed by atoms with E-state index >= 15 is 0 Å². The number of hydrogen-bond acceptors (Lipinski definition) is 4. The summed E-state index contributed by atoms with van der Waals surface area (Å²) in [5.41, 5.74) is 3.72. The molecule has 0 fully saturated rings. The molecule has 0 saturated carbocycles. The highest BCUT2D eigenvalue weighted by Gasteiger charge is 2.13. The molecule has 19 heavy (non-hydrogen) atoms. The van der Waals surface area contributed by atoms with Gasteiger partial charge in [0.2, 0.25) is 0 Å². The molecule has 0 saturated heterocycles. The van der Waals surface area contributed by atoms with E-state index in [1.54, 1.807) is 23.5 Å². The first-order valence-corrected chi connectivity index (χ1v) is 6.97. The van der Waals surface area contributed by atoms with Gasteiger partial charge in [0.15, 0.2) is 0 Å². The van der Waals surface area contributed by atoms with Crippen molar-refractivity contribution in [2.24, 2.45) is 5.84 Å². The fraction of sp³-hybridized carbons (Fsp3) is 0.214. The third kappa shape index (κ3) is 3.56. The Kier molecular flexibility index (Phi) is 4.54. The zero-order chi connectivity index (χ0) is 13.7. The molecule has 2 aromatic rings. The van der Waals surface area contributed by atoms with Crippen molar-refractivity contribution in [2.75, 3.05) is 5.43 Å². The van der Waals surface area contributed by atoms with E-state index in [-0.39, 0.29) is 11.9 Å². The van der Waals surface area contributed by atoms with Crippen LogP contribution in [0, 0.1) is 0 Å². The van der Waals surface area contributed by atoms with Crippen LogP contribution in [0.4, 0.5) is 5.69 Å². The van der Waals surface area contributed by atoms with Gasteiger partial charge in [0.1, 0.15) is 0 Å². The second-order valence-corrected chi connectivity index (χ2v) is 5.38. The van der Waals surface area contributed by atoms with E-state index in [9.17, 15) is 4.79 Å². The molecule has 1 amide bonds. The summed E-state index contributed by atoms with van der Waals surface area (Å²) in [6.07, 6.45) is 0.835. The lowest BCUT2D eigenvalue weighted by Gasteiger charge is -2.14. The van der Waals surface area contributed by atoms with Crippen LogP contribution in [0.25, 0.3) is 0 Å². The zero-order valence-electron chi connectivity index (χ0n) is 10.7. The number of nitrogen functional groups attached to an aromatic ring is 1. The molecule has 1 unspecified atom stereocenters. The van der Waals surface area contributed by atoms with Gasteiger partial charge >= 0.3 is 0 Å². The topological polar surface area (TPSA) is 67.2 Å². The van der Waals surface area contributed by atoms with Crippen molar-refractivity contribution >= 4 is 22.9 Å². The summed E-state index contributed by atoms with van der Waals surface area (Å²) in [5.74, 6) is 5.29. The first-order valence-electron chi connectivity index (χ1n) is 6.09. The number of hydrazine groups is 1. The third-order valence-corrected chi connectivity index (χ3v) is 3.69. The molecule has 0 spiro atoms. The molecule has 0 bridgehead atoms. The average molecular weight is 275 g/mol. The van der Waals surface area contributed by atoms with E-state index < -0.39 is 0 Å². The van der Waals surface area contributed by atoms with Crippen LogP contribution >= 0.6 is 11.3 Å². The van der Waals surface area contributed by atoms with E-state index in [2.05, 4.69) is 16.8 Å². The van der Waals surface area contributed by atoms with Gasteiger partial charge in [-0.15, -0.1) is 11.3 Å². The van der Waals surface area contributed by atoms with Crippen molar-refractivity contribution in [3.8, 4) is 0 Å². The van der Waals surface area contributed by atoms with Crippen LogP contribution in [-0.4, -0.2) is 11.9 Å². The van der Waals surface area contributed by atoms with E-state index in [0.717, 1.165) is 6.42 Å². The van der Waals surface area contributed by atoms with Gasteiger partial charge in [-0.25, -0.2) is 0 Å². The Hall–Kier alpha value is -1.85. The molecule has 0 radical (unpaired) electrons. The number of carbonyl (C=O) groups excluding carboxylic acids is 1. The van der Waals surface area contributed by atoms with Gasteiger partial charge in [-0.1, -0.05) is 18.2 Å². The van der Waals surface area contributed by atoms with E-state index in [4.69, 9.17) is 5.84 Å². The summed E-state index contributed by atoms with van der Waals surface area (Å²) in [5, 5.41) is 5.02. The van der Waals surface area contributed by atoms with Gasteiger partial charge in [-0.2, -0.15) is 0 Å². The molecule has 0 aliphatic carbocycles. The number of benzene rings is 1. The van der Waals surface area contributed by atoms with Gasteiger partial charge in [0, 0.05) is 17.3 Å². The number of para-hydroxylation sites is 1. The third-order valence-electron chi connectivity index (χ3n) is 2.79. The summed E-state index contributed by atoms with van der Waals surface area (Å²) in [6, 6.07) is 11.4. The van der Waals surface area contributed by atoms with Crippen LogP contribution in [0.1, 0.15) is 22.2 Å². The second kappa shape index (κ2) is 6.36. The predicted octanol–water partition coefficient (Wildman–Crippen LogP) is 2.39. The van der Waals surface area contributed by atoms with Crippen molar-refractivity contribution in [2.45, 2.75) is 19.4 Å². The maximum Gasteiger partial charge on any atom is 0.253 e. The minimum atomic E-state index is -0.113. The molecule has 4 nitrogen and oxygen atoms in total. The number of amides is 1. The molecule has 100 valence electrons. The lowest BCUT2D eigenvalue weighted by molar-refractivity contribution is 0.0941. The highest BCUT2D eigenvalue weighted by atomic mass is 32.1. The molecule has 1 atom stereocenters. The van der Waals surface area contributed by atoms with Gasteiger partial charge in [0.05, 0.1) is 11.3 Å². The molecule has 2 rings (SSSR count). The quantitative estimate of drug-likeness (QED) is 0.580. The van der Waals surface area contributed by atoms with E-state index in [1.165, 1.54) is 4.88 Å². The Morgan fingerprint density at radius 2 is 2.11 bits per heavy atom. The van der Waals surface area contributed by atoms with Crippen LogP contribution < -0.4 is 16.6 Å². The van der Waals surface area contributed by atoms with Crippen molar-refractivity contribution in [1.82, 2.24) is 5.32 Å². The molecule has 5 heteroatoms. The Balaban J connectivity index is 2.00. The first-order chi connectivity index (χ1) is 9.20. The number of hydrogen-bond donors (Lipinski definition) is 3. The predicted molar refractivity (Wildman–Crippen MR) is 79.2 cm³/mol. The van der Waals surface area contributed by atoms with Crippen molar-refractivity contribution in [1.29, 1.82) is 0 Å². The number of thiophene rings is 1. The van der Waals surface area contributed by atoms with Gasteiger partial charge in [-0.05, 0) is 30.5 Å². The largest absolute Gasteiger partial charge is 0.349 e. The minimum absolute atomic E-state index is 0.0805. The lowest BCUT2D eigenvalue weighted by atomic mass is 10.1. The monoisotopic (exact) mass is 275 g/mol. The zero-order valence-corrected chi connectivity index (χ0v) is 11.5. The molecule has 0 aliphatic heterocycles. The second-order valence-electron chi connectivity index (χ2n) is 4.35. The maximum atomic E-state index is 12.2. The molecule has 0 aliphatic rings. The summed E-state index contributed by atoms with van der Waals surface area (Å²) in [6.45, 7) is 2.00. The van der Waals surface area contributed by atoms with Crippen molar-refractivity contribution in [3.05, 3.63) is 52.2 Å². The van der Waals surface area contributed by atoms with Crippen molar-refractivity contribution < 1.29 is 4.79 Å². The molecular weight excluding hydrogens is 258 g/mol. The maximum absolute atomic E-state index is 12.2. The van der Waals surface area contributed by atoms with Crippen LogP contribution in [-0.2, 0) is 6.42 Å². The summed E-state index contributed by atoms with van der Waals surface area (Å²) in [4.78, 5) is 13.4. The van der Waals surface area contributed by atoms with Crippen molar-refractivity contribution in [3.63, 3.8) is 0 Å². The average Bonchev–Trinajstić information content (AvgIpc) is 2.91. The van der Waals surface area contributed by atoms with Gasteiger partial charge in [0.25, 0.3) is 5.91 Å². The Labute approximate surface area is 116 Å². The highest BCUT2D eigenvalue weighted by Crippen LogP contribution is 2.15. The summed E-state index contributed by atoms with van der Waals surface area (Å²) >= 11 is 1.70. The first kappa shape index (κ1) is 13.6. The smallest absolute Gasteiger partial charge is 0.253 e. The Bertz CT molecular complexity index is 539. The number of rotatable bonds is 5. The van der Waals surface area contributed by atoms with E-state index in [1.807, 2.05) is 30.5 Å². The SMILES string of the molecule is CC(Cc1cccs1)NC(=O)c1ccccc1NN. The summed E-state index contributed by atoms with van der Waals surface area (Å²) < 4.78 is 0. The molecule has 1 aromatic carbocycles. The lowest BCUT2D eigenvalue weighted by Crippen LogP contribution is -2.34. The number of nitrogens with one attached hydrogen (secondary N) is 2. The fourth-order valence-electron chi connectivity index (χ4n) is 1.89. The van der Waals surface area contributed by atoms with Crippen LogP contribution in [0.2, 0.25) is 0 Å². The molecular formula is C14H17N3OS. The van der Waals surface area contributed by atoms with Gasteiger partial charge < -0.3 is 10.7 Å². The fourth-order valence-corrected chi connectivity index (χ4v) is 2.73. The van der Waals surface area contributed by atoms with Gasteiger partial charge in [-0.3, -0.25) is 10.6 Å². The number of anilines is 1.